The molecule has 0 radical (unpaired) electrons. The smallest absolute Gasteiger partial charge is 0.134 e. The van der Waals surface area contributed by atoms with Gasteiger partial charge in [0.15, 0.2) is 0 Å². The zero-order valence-corrected chi connectivity index (χ0v) is 6.08. The molecule has 0 N–H and O–H groups in total. The fraction of sp³-hybridized carbons (Fsp3) is 0.625. The van der Waals surface area contributed by atoms with Crippen LogP contribution in [0.5, 0.6) is 0 Å². The zero-order valence-electron chi connectivity index (χ0n) is 6.08. The van der Waals surface area contributed by atoms with Crippen molar-refractivity contribution in [3.8, 4) is 12.1 Å². The molecule has 0 aliphatic heterocycles. The average Bonchev–Trinajstić information content (AvgIpc) is 2.04. The van der Waals surface area contributed by atoms with Gasteiger partial charge < -0.3 is 0 Å². The first-order valence-electron chi connectivity index (χ1n) is 3.59. The Morgan fingerprint density at radius 3 is 2.45 bits per heavy atom. The standard InChI is InChI=1S/C8H8N2O/c9-4-6-1-2-8(11)3-7(6)5-10/h6-7H,1-3H2. The van der Waals surface area contributed by atoms with Crippen LogP contribution in [0.15, 0.2) is 0 Å². The van der Waals surface area contributed by atoms with E-state index < -0.39 is 0 Å². The highest BCUT2D eigenvalue weighted by Crippen LogP contribution is 2.26. The Bertz CT molecular complexity index is 246. The van der Waals surface area contributed by atoms with E-state index in [4.69, 9.17) is 10.5 Å². The molecule has 1 aliphatic carbocycles. The number of rotatable bonds is 0. The van der Waals surface area contributed by atoms with E-state index in [1.54, 1.807) is 0 Å². The van der Waals surface area contributed by atoms with Crippen LogP contribution in [0.25, 0.3) is 0 Å². The van der Waals surface area contributed by atoms with Gasteiger partial charge in [-0.1, -0.05) is 0 Å². The van der Waals surface area contributed by atoms with Crippen LogP contribution in [0.2, 0.25) is 0 Å². The first kappa shape index (κ1) is 7.75. The molecule has 1 aliphatic rings. The van der Waals surface area contributed by atoms with E-state index in [0.29, 0.717) is 12.8 Å². The Kier molecular flexibility index (Phi) is 2.23. The molecule has 1 saturated carbocycles. The van der Waals surface area contributed by atoms with Crippen molar-refractivity contribution in [1.82, 2.24) is 0 Å². The molecule has 2 unspecified atom stereocenters. The number of hydrogen-bond donors (Lipinski definition) is 0. The van der Waals surface area contributed by atoms with Crippen LogP contribution in [0.4, 0.5) is 0 Å². The van der Waals surface area contributed by atoms with Gasteiger partial charge in [0.2, 0.25) is 0 Å². The number of ketones is 1. The van der Waals surface area contributed by atoms with Gasteiger partial charge in [0.05, 0.1) is 24.0 Å². The molecule has 2 atom stereocenters. The third-order valence-corrected chi connectivity index (χ3v) is 2.00. The Morgan fingerprint density at radius 1 is 1.27 bits per heavy atom. The monoisotopic (exact) mass is 148 g/mol. The summed E-state index contributed by atoms with van der Waals surface area (Å²) in [6, 6.07) is 4.04. The second kappa shape index (κ2) is 3.16. The summed E-state index contributed by atoms with van der Waals surface area (Å²) < 4.78 is 0. The number of nitrogens with zero attached hydrogens (tertiary/aromatic N) is 2. The molecule has 0 saturated heterocycles. The summed E-state index contributed by atoms with van der Waals surface area (Å²) in [6.07, 6.45) is 1.30. The van der Waals surface area contributed by atoms with Crippen LogP contribution in [0, 0.1) is 34.5 Å². The SMILES string of the molecule is N#CC1CCC(=O)CC1C#N. The molecular formula is C8H8N2O. The van der Waals surface area contributed by atoms with Gasteiger partial charge >= 0.3 is 0 Å². The summed E-state index contributed by atoms with van der Waals surface area (Å²) in [4.78, 5) is 10.8. The fourth-order valence-electron chi connectivity index (χ4n) is 1.30. The summed E-state index contributed by atoms with van der Waals surface area (Å²) in [5.41, 5.74) is 0. The highest BCUT2D eigenvalue weighted by atomic mass is 16.1. The van der Waals surface area contributed by atoms with Crippen LogP contribution < -0.4 is 0 Å². The van der Waals surface area contributed by atoms with Crippen LogP contribution in [0.1, 0.15) is 19.3 Å². The molecule has 0 amide bonds. The summed E-state index contributed by atoms with van der Waals surface area (Å²) in [7, 11) is 0. The van der Waals surface area contributed by atoms with Gasteiger partial charge in [0.25, 0.3) is 0 Å². The first-order valence-corrected chi connectivity index (χ1v) is 3.59. The number of carbonyl (C=O) groups excluding carboxylic acids is 1. The molecule has 3 heteroatoms. The Labute approximate surface area is 65.2 Å². The maximum Gasteiger partial charge on any atom is 0.134 e. The van der Waals surface area contributed by atoms with Crippen molar-refractivity contribution in [1.29, 1.82) is 10.5 Å². The van der Waals surface area contributed by atoms with E-state index in [9.17, 15) is 4.79 Å². The van der Waals surface area contributed by atoms with Crippen molar-refractivity contribution in [3.05, 3.63) is 0 Å². The summed E-state index contributed by atoms with van der Waals surface area (Å²) in [5.74, 6) is -0.470. The van der Waals surface area contributed by atoms with Gasteiger partial charge in [-0.2, -0.15) is 10.5 Å². The molecule has 3 nitrogen and oxygen atoms in total. The molecule has 0 aromatic carbocycles. The number of hydrogen-bond acceptors (Lipinski definition) is 3. The van der Waals surface area contributed by atoms with Crippen molar-refractivity contribution in [3.63, 3.8) is 0 Å². The fourth-order valence-corrected chi connectivity index (χ4v) is 1.30. The molecule has 11 heavy (non-hydrogen) atoms. The number of nitriles is 2. The molecule has 56 valence electrons. The molecule has 0 aromatic heterocycles. The van der Waals surface area contributed by atoms with E-state index in [1.165, 1.54) is 0 Å². The molecule has 0 spiro atoms. The minimum Gasteiger partial charge on any atom is -0.300 e. The predicted octanol–water partition coefficient (Wildman–Crippen LogP) is 1.02. The summed E-state index contributed by atoms with van der Waals surface area (Å²) in [5, 5.41) is 17.1. The third-order valence-electron chi connectivity index (χ3n) is 2.00. The quantitative estimate of drug-likeness (QED) is 0.515. The van der Waals surface area contributed by atoms with Gasteiger partial charge in [-0.25, -0.2) is 0 Å². The van der Waals surface area contributed by atoms with Gasteiger partial charge in [-0.05, 0) is 6.42 Å². The molecule has 0 heterocycles. The zero-order chi connectivity index (χ0) is 8.27. The van der Waals surface area contributed by atoms with E-state index in [2.05, 4.69) is 6.07 Å². The van der Waals surface area contributed by atoms with Crippen molar-refractivity contribution < 1.29 is 4.79 Å². The largest absolute Gasteiger partial charge is 0.300 e. The topological polar surface area (TPSA) is 64.7 Å². The molecule has 0 aromatic rings. The van der Waals surface area contributed by atoms with Crippen LogP contribution in [0.3, 0.4) is 0 Å². The van der Waals surface area contributed by atoms with Gasteiger partial charge in [-0.15, -0.1) is 0 Å². The van der Waals surface area contributed by atoms with Gasteiger partial charge in [0.1, 0.15) is 5.78 Å². The van der Waals surface area contributed by atoms with Crippen molar-refractivity contribution in [2.24, 2.45) is 11.8 Å². The normalized spacial score (nSPS) is 30.5. The summed E-state index contributed by atoms with van der Waals surface area (Å²) in [6.45, 7) is 0. The minimum absolute atomic E-state index is 0.114. The van der Waals surface area contributed by atoms with Crippen molar-refractivity contribution in [2.45, 2.75) is 19.3 Å². The highest BCUT2D eigenvalue weighted by Gasteiger charge is 2.28. The lowest BCUT2D eigenvalue weighted by molar-refractivity contribution is -0.121. The summed E-state index contributed by atoms with van der Waals surface area (Å²) >= 11 is 0. The Balaban J connectivity index is 2.66. The number of carbonyl (C=O) groups is 1. The van der Waals surface area contributed by atoms with Crippen molar-refractivity contribution in [2.75, 3.05) is 0 Å². The molecular weight excluding hydrogens is 140 g/mol. The van der Waals surface area contributed by atoms with E-state index in [0.717, 1.165) is 0 Å². The predicted molar refractivity (Wildman–Crippen MR) is 37.1 cm³/mol. The van der Waals surface area contributed by atoms with E-state index >= 15 is 0 Å². The maximum absolute atomic E-state index is 10.8. The lowest BCUT2D eigenvalue weighted by Crippen LogP contribution is -2.22. The highest BCUT2D eigenvalue weighted by molar-refractivity contribution is 5.79. The lowest BCUT2D eigenvalue weighted by atomic mass is 9.80. The number of Topliss-reactive ketones (excluding diaryl/α,β-unsaturated/α-hetero) is 1. The van der Waals surface area contributed by atoms with Gasteiger partial charge in [0, 0.05) is 12.8 Å². The third kappa shape index (κ3) is 1.56. The van der Waals surface area contributed by atoms with E-state index in [-0.39, 0.29) is 24.0 Å². The lowest BCUT2D eigenvalue weighted by Gasteiger charge is -2.19. The maximum atomic E-state index is 10.8. The molecule has 0 bridgehead atoms. The second-order valence-corrected chi connectivity index (χ2v) is 2.75. The second-order valence-electron chi connectivity index (χ2n) is 2.75. The van der Waals surface area contributed by atoms with Crippen LogP contribution in [-0.4, -0.2) is 5.78 Å². The van der Waals surface area contributed by atoms with Gasteiger partial charge in [-0.3, -0.25) is 4.79 Å². The first-order chi connectivity index (χ1) is 5.27. The van der Waals surface area contributed by atoms with Crippen molar-refractivity contribution >= 4 is 5.78 Å². The minimum atomic E-state index is -0.360. The van der Waals surface area contributed by atoms with E-state index in [1.807, 2.05) is 6.07 Å². The van der Waals surface area contributed by atoms with Crippen LogP contribution >= 0.6 is 0 Å². The molecule has 1 fully saturated rings. The average molecular weight is 148 g/mol. The Hall–Kier alpha value is -1.35. The van der Waals surface area contributed by atoms with Crippen LogP contribution in [-0.2, 0) is 4.79 Å². The Morgan fingerprint density at radius 2 is 1.91 bits per heavy atom. The molecule has 1 rings (SSSR count).